The van der Waals surface area contributed by atoms with Crippen LogP contribution in [0.1, 0.15) is 32.9 Å². The first-order chi connectivity index (χ1) is 13.5. The molecule has 0 spiro atoms. The lowest BCUT2D eigenvalue weighted by molar-refractivity contribution is 0.0996. The Hall–Kier alpha value is -2.86. The third-order valence-electron chi connectivity index (χ3n) is 5.80. The molecule has 0 atom stereocenters. The number of ether oxygens (including phenoxy) is 1. The van der Waals surface area contributed by atoms with E-state index in [1.165, 1.54) is 11.1 Å². The first-order valence-corrected chi connectivity index (χ1v) is 9.62. The molecule has 4 rings (SSSR count). The summed E-state index contributed by atoms with van der Waals surface area (Å²) in [5.41, 5.74) is 12.0. The number of carbonyl (C=O) groups excluding carboxylic acids is 1. The first kappa shape index (κ1) is 18.5. The maximum atomic E-state index is 12.0. The largest absolute Gasteiger partial charge is 0.383 e. The van der Waals surface area contributed by atoms with Gasteiger partial charge in [0.05, 0.1) is 12.1 Å². The number of carbonyl (C=O) groups is 1. The van der Waals surface area contributed by atoms with E-state index in [1.54, 1.807) is 7.11 Å². The van der Waals surface area contributed by atoms with Crippen LogP contribution in [0.4, 0.5) is 5.82 Å². The van der Waals surface area contributed by atoms with Crippen LogP contribution in [0.3, 0.4) is 0 Å². The number of nitrogens with zero attached hydrogens (tertiary/aromatic N) is 3. The Morgan fingerprint density at radius 3 is 2.71 bits per heavy atom. The van der Waals surface area contributed by atoms with Gasteiger partial charge in [0.2, 0.25) is 0 Å². The summed E-state index contributed by atoms with van der Waals surface area (Å²) in [5.74, 6) is 0.329. The Kier molecular flexibility index (Phi) is 4.81. The zero-order valence-corrected chi connectivity index (χ0v) is 16.7. The van der Waals surface area contributed by atoms with Crippen molar-refractivity contribution >= 4 is 22.6 Å². The number of hydrogen-bond donors (Lipinski definition) is 1. The monoisotopic (exact) mass is 378 g/mol. The summed E-state index contributed by atoms with van der Waals surface area (Å²) in [5, 5.41) is 1.03. The molecule has 1 aliphatic heterocycles. The average molecular weight is 378 g/mol. The highest BCUT2D eigenvalue weighted by Crippen LogP contribution is 2.34. The van der Waals surface area contributed by atoms with Gasteiger partial charge >= 0.3 is 0 Å². The Balaban J connectivity index is 1.91. The fourth-order valence-electron chi connectivity index (χ4n) is 4.13. The quantitative estimate of drug-likeness (QED) is 0.741. The first-order valence-electron chi connectivity index (χ1n) is 9.62. The summed E-state index contributed by atoms with van der Waals surface area (Å²) in [6.07, 6.45) is 0.955. The van der Waals surface area contributed by atoms with Crippen molar-refractivity contribution in [2.45, 2.75) is 33.4 Å². The normalized spacial score (nSPS) is 13.8. The third-order valence-corrected chi connectivity index (χ3v) is 5.80. The van der Waals surface area contributed by atoms with E-state index in [2.05, 4.69) is 47.6 Å². The van der Waals surface area contributed by atoms with Crippen molar-refractivity contribution in [2.24, 2.45) is 5.73 Å². The Morgan fingerprint density at radius 2 is 2.00 bits per heavy atom. The topological polar surface area (TPSA) is 73.4 Å². The van der Waals surface area contributed by atoms with Crippen LogP contribution < -0.4 is 10.6 Å². The molecule has 0 unspecified atom stereocenters. The van der Waals surface area contributed by atoms with Crippen molar-refractivity contribution in [3.8, 4) is 0 Å². The van der Waals surface area contributed by atoms with E-state index in [1.807, 2.05) is 6.07 Å². The smallest absolute Gasteiger partial charge is 0.267 e. The number of aromatic nitrogens is 2. The van der Waals surface area contributed by atoms with Gasteiger partial charge in [0, 0.05) is 37.8 Å². The van der Waals surface area contributed by atoms with Gasteiger partial charge in [-0.2, -0.15) is 0 Å². The zero-order chi connectivity index (χ0) is 19.8. The molecule has 3 aromatic rings. The van der Waals surface area contributed by atoms with Crippen LogP contribution in [0.15, 0.2) is 30.3 Å². The van der Waals surface area contributed by atoms with Gasteiger partial charge in [-0.05, 0) is 43.0 Å². The van der Waals surface area contributed by atoms with Crippen molar-refractivity contribution in [1.82, 2.24) is 9.55 Å². The summed E-state index contributed by atoms with van der Waals surface area (Å²) < 4.78 is 7.58. The molecule has 146 valence electrons. The van der Waals surface area contributed by atoms with Gasteiger partial charge in [-0.3, -0.25) is 4.79 Å². The lowest BCUT2D eigenvalue weighted by Crippen LogP contribution is -2.32. The summed E-state index contributed by atoms with van der Waals surface area (Å²) >= 11 is 0. The second-order valence-electron chi connectivity index (χ2n) is 7.39. The molecular weight excluding hydrogens is 352 g/mol. The molecule has 28 heavy (non-hydrogen) atoms. The molecule has 0 saturated carbocycles. The van der Waals surface area contributed by atoms with E-state index in [0.717, 1.165) is 54.0 Å². The van der Waals surface area contributed by atoms with E-state index < -0.39 is 5.91 Å². The predicted molar refractivity (Wildman–Crippen MR) is 111 cm³/mol. The van der Waals surface area contributed by atoms with Crippen LogP contribution in [-0.4, -0.2) is 35.7 Å². The SMILES string of the molecule is COCCn1c(C)c(C)c2cc(C(N)=O)nc(N3CCc4ccccc4C3)c21. The van der Waals surface area contributed by atoms with E-state index in [9.17, 15) is 4.79 Å². The van der Waals surface area contributed by atoms with Gasteiger partial charge in [0.25, 0.3) is 5.91 Å². The number of aryl methyl sites for hydroxylation is 1. The number of rotatable bonds is 5. The standard InChI is InChI=1S/C22H26N4O2/c1-14-15(2)26(10-11-28-3)20-18(14)12-19(21(23)27)24-22(20)25-9-8-16-6-4-5-7-17(16)13-25/h4-7,12H,8-11,13H2,1-3H3,(H2,23,27). The molecule has 0 fully saturated rings. The van der Waals surface area contributed by atoms with Gasteiger partial charge < -0.3 is 19.9 Å². The van der Waals surface area contributed by atoms with E-state index in [-0.39, 0.29) is 0 Å². The van der Waals surface area contributed by atoms with Gasteiger partial charge in [-0.25, -0.2) is 4.98 Å². The van der Waals surface area contributed by atoms with Crippen molar-refractivity contribution in [2.75, 3.05) is 25.2 Å². The number of fused-ring (bicyclic) bond motifs is 2. The van der Waals surface area contributed by atoms with Crippen molar-refractivity contribution < 1.29 is 9.53 Å². The molecule has 0 bridgehead atoms. The fourth-order valence-corrected chi connectivity index (χ4v) is 4.13. The third kappa shape index (κ3) is 3.03. The minimum absolute atomic E-state index is 0.313. The maximum absolute atomic E-state index is 12.0. The molecule has 2 aromatic heterocycles. The Labute approximate surface area is 164 Å². The molecule has 3 heterocycles. The molecule has 6 heteroatoms. The minimum atomic E-state index is -0.498. The van der Waals surface area contributed by atoms with Crippen LogP contribution in [0, 0.1) is 13.8 Å². The number of anilines is 1. The summed E-state index contributed by atoms with van der Waals surface area (Å²) in [6.45, 7) is 7.17. The molecule has 1 aliphatic rings. The van der Waals surface area contributed by atoms with Crippen molar-refractivity contribution in [1.29, 1.82) is 0 Å². The molecule has 0 saturated heterocycles. The Morgan fingerprint density at radius 1 is 1.25 bits per heavy atom. The molecular formula is C22H26N4O2. The average Bonchev–Trinajstić information content (AvgIpc) is 2.95. The number of pyridine rings is 1. The van der Waals surface area contributed by atoms with Crippen LogP contribution >= 0.6 is 0 Å². The summed E-state index contributed by atoms with van der Waals surface area (Å²) in [7, 11) is 1.71. The molecule has 0 aliphatic carbocycles. The number of benzene rings is 1. The number of hydrogen-bond acceptors (Lipinski definition) is 4. The highest BCUT2D eigenvalue weighted by Gasteiger charge is 2.24. The molecule has 6 nitrogen and oxygen atoms in total. The fraction of sp³-hybridized carbons (Fsp3) is 0.364. The van der Waals surface area contributed by atoms with Crippen LogP contribution in [0.2, 0.25) is 0 Å². The molecule has 1 amide bonds. The van der Waals surface area contributed by atoms with Gasteiger partial charge in [-0.15, -0.1) is 0 Å². The van der Waals surface area contributed by atoms with Crippen molar-refractivity contribution in [3.05, 3.63) is 58.4 Å². The van der Waals surface area contributed by atoms with E-state index in [0.29, 0.717) is 12.3 Å². The van der Waals surface area contributed by atoms with Crippen LogP contribution in [0.5, 0.6) is 0 Å². The molecule has 1 aromatic carbocycles. The number of nitrogens with two attached hydrogens (primary N) is 1. The zero-order valence-electron chi connectivity index (χ0n) is 16.7. The second kappa shape index (κ2) is 7.28. The van der Waals surface area contributed by atoms with Crippen LogP contribution in [-0.2, 0) is 24.2 Å². The highest BCUT2D eigenvalue weighted by atomic mass is 16.5. The lowest BCUT2D eigenvalue weighted by atomic mass is 10.00. The van der Waals surface area contributed by atoms with Gasteiger partial charge in [0.15, 0.2) is 5.82 Å². The molecule has 0 radical (unpaired) electrons. The number of amides is 1. The van der Waals surface area contributed by atoms with Crippen molar-refractivity contribution in [3.63, 3.8) is 0 Å². The number of methoxy groups -OCH3 is 1. The van der Waals surface area contributed by atoms with Gasteiger partial charge in [0.1, 0.15) is 5.69 Å². The van der Waals surface area contributed by atoms with Gasteiger partial charge in [-0.1, -0.05) is 24.3 Å². The predicted octanol–water partition coefficient (Wildman–Crippen LogP) is 2.96. The maximum Gasteiger partial charge on any atom is 0.267 e. The summed E-state index contributed by atoms with van der Waals surface area (Å²) in [4.78, 5) is 18.9. The van der Waals surface area contributed by atoms with Crippen LogP contribution in [0.25, 0.3) is 10.9 Å². The number of primary amides is 1. The Bertz CT molecular complexity index is 1050. The lowest BCUT2D eigenvalue weighted by Gasteiger charge is -2.31. The highest BCUT2D eigenvalue weighted by molar-refractivity contribution is 6.00. The summed E-state index contributed by atoms with van der Waals surface area (Å²) in [6, 6.07) is 10.3. The van der Waals surface area contributed by atoms with E-state index >= 15 is 0 Å². The minimum Gasteiger partial charge on any atom is -0.383 e. The second-order valence-corrected chi connectivity index (χ2v) is 7.39. The van der Waals surface area contributed by atoms with E-state index in [4.69, 9.17) is 15.5 Å². The molecule has 2 N–H and O–H groups in total.